The van der Waals surface area contributed by atoms with E-state index in [0.717, 1.165) is 17.0 Å². The molecule has 0 aromatic carbocycles. The third kappa shape index (κ3) is 3.99. The molecule has 3 aromatic rings. The average molecular weight is 340 g/mol. The monoisotopic (exact) mass is 340 g/mol. The Kier molecular flexibility index (Phi) is 4.90. The predicted molar refractivity (Wildman–Crippen MR) is 92.0 cm³/mol. The molecule has 3 rings (SSSR count). The van der Waals surface area contributed by atoms with Gasteiger partial charge in [0.05, 0.1) is 11.3 Å². The lowest BCUT2D eigenvalue weighted by Crippen LogP contribution is -2.14. The summed E-state index contributed by atoms with van der Waals surface area (Å²) in [5.74, 6) is 1.62. The van der Waals surface area contributed by atoms with E-state index in [1.54, 1.807) is 24.5 Å². The molecular formula is C17H16N4O2S. The molecule has 7 heteroatoms. The number of carbonyl (C=O) groups excluding carboxylic acids is 1. The SMILES string of the molecule is Cc1ccnc(NC(=O)c2cccnc2SCc2cc(C)on2)c1. The Morgan fingerprint density at radius 3 is 2.83 bits per heavy atom. The van der Waals surface area contributed by atoms with Gasteiger partial charge in [0.2, 0.25) is 0 Å². The number of nitrogens with one attached hydrogen (secondary N) is 1. The topological polar surface area (TPSA) is 80.9 Å². The molecule has 3 heterocycles. The van der Waals surface area contributed by atoms with Crippen LogP contribution in [-0.4, -0.2) is 21.0 Å². The molecule has 0 radical (unpaired) electrons. The Bertz CT molecular complexity index is 863. The van der Waals surface area contributed by atoms with Crippen LogP contribution >= 0.6 is 11.8 Å². The number of carbonyl (C=O) groups is 1. The van der Waals surface area contributed by atoms with Crippen LogP contribution in [0.15, 0.2) is 52.3 Å². The fraction of sp³-hybridized carbons (Fsp3) is 0.176. The van der Waals surface area contributed by atoms with Gasteiger partial charge in [-0.25, -0.2) is 9.97 Å². The second-order valence-corrected chi connectivity index (χ2v) is 6.21. The zero-order chi connectivity index (χ0) is 16.9. The van der Waals surface area contributed by atoms with Crippen molar-refractivity contribution in [1.29, 1.82) is 0 Å². The predicted octanol–water partition coefficient (Wildman–Crippen LogP) is 3.63. The van der Waals surface area contributed by atoms with Crippen LogP contribution in [0.1, 0.15) is 27.4 Å². The first-order chi connectivity index (χ1) is 11.6. The molecule has 0 saturated heterocycles. The first-order valence-electron chi connectivity index (χ1n) is 7.36. The molecule has 122 valence electrons. The lowest BCUT2D eigenvalue weighted by molar-refractivity contribution is 0.102. The molecule has 0 spiro atoms. The molecule has 0 fully saturated rings. The van der Waals surface area contributed by atoms with Crippen LogP contribution in [0.4, 0.5) is 5.82 Å². The van der Waals surface area contributed by atoms with Crippen molar-refractivity contribution >= 4 is 23.5 Å². The van der Waals surface area contributed by atoms with E-state index in [1.165, 1.54) is 11.8 Å². The van der Waals surface area contributed by atoms with Crippen molar-refractivity contribution in [2.45, 2.75) is 24.6 Å². The summed E-state index contributed by atoms with van der Waals surface area (Å²) in [5, 5.41) is 7.39. The summed E-state index contributed by atoms with van der Waals surface area (Å²) in [5.41, 5.74) is 2.35. The van der Waals surface area contributed by atoms with Gasteiger partial charge >= 0.3 is 0 Å². The van der Waals surface area contributed by atoms with Gasteiger partial charge in [0.25, 0.3) is 5.91 Å². The molecule has 0 atom stereocenters. The summed E-state index contributed by atoms with van der Waals surface area (Å²) in [7, 11) is 0. The Balaban J connectivity index is 1.74. The van der Waals surface area contributed by atoms with Crippen LogP contribution in [-0.2, 0) is 5.75 Å². The van der Waals surface area contributed by atoms with Crippen LogP contribution < -0.4 is 5.32 Å². The van der Waals surface area contributed by atoms with E-state index in [0.29, 0.717) is 22.2 Å². The molecule has 0 unspecified atom stereocenters. The molecule has 0 bridgehead atoms. The van der Waals surface area contributed by atoms with Crippen molar-refractivity contribution in [1.82, 2.24) is 15.1 Å². The zero-order valence-corrected chi connectivity index (χ0v) is 14.1. The Labute approximate surface area is 143 Å². The lowest BCUT2D eigenvalue weighted by Gasteiger charge is -2.08. The molecule has 0 aliphatic rings. The van der Waals surface area contributed by atoms with Gasteiger partial charge in [-0.15, -0.1) is 0 Å². The van der Waals surface area contributed by atoms with Gasteiger partial charge in [0.1, 0.15) is 16.6 Å². The number of aromatic nitrogens is 3. The Morgan fingerprint density at radius 1 is 1.21 bits per heavy atom. The minimum Gasteiger partial charge on any atom is -0.361 e. The van der Waals surface area contributed by atoms with Gasteiger partial charge in [-0.05, 0) is 43.7 Å². The van der Waals surface area contributed by atoms with Crippen LogP contribution in [0.2, 0.25) is 0 Å². The largest absolute Gasteiger partial charge is 0.361 e. The van der Waals surface area contributed by atoms with Crippen molar-refractivity contribution < 1.29 is 9.32 Å². The number of hydrogen-bond donors (Lipinski definition) is 1. The van der Waals surface area contributed by atoms with E-state index in [1.807, 2.05) is 32.0 Å². The van der Waals surface area contributed by atoms with Crippen LogP contribution in [0, 0.1) is 13.8 Å². The number of pyridine rings is 2. The maximum absolute atomic E-state index is 12.5. The second-order valence-electron chi connectivity index (χ2n) is 5.25. The van der Waals surface area contributed by atoms with Gasteiger partial charge < -0.3 is 9.84 Å². The summed E-state index contributed by atoms with van der Waals surface area (Å²) in [6, 6.07) is 9.05. The maximum atomic E-state index is 12.5. The summed E-state index contributed by atoms with van der Waals surface area (Å²) in [6.45, 7) is 3.79. The maximum Gasteiger partial charge on any atom is 0.259 e. The van der Waals surface area contributed by atoms with Crippen molar-refractivity contribution in [3.63, 3.8) is 0 Å². The van der Waals surface area contributed by atoms with E-state index in [9.17, 15) is 4.79 Å². The number of thioether (sulfide) groups is 1. The number of aryl methyl sites for hydroxylation is 2. The summed E-state index contributed by atoms with van der Waals surface area (Å²) < 4.78 is 5.05. The van der Waals surface area contributed by atoms with Crippen molar-refractivity contribution in [3.8, 4) is 0 Å². The second kappa shape index (κ2) is 7.27. The van der Waals surface area contributed by atoms with E-state index in [-0.39, 0.29) is 5.91 Å². The molecule has 0 aliphatic heterocycles. The van der Waals surface area contributed by atoms with Gasteiger partial charge in [0.15, 0.2) is 0 Å². The summed E-state index contributed by atoms with van der Waals surface area (Å²) in [4.78, 5) is 21.0. The van der Waals surface area contributed by atoms with Crippen molar-refractivity contribution in [2.24, 2.45) is 0 Å². The molecule has 0 saturated carbocycles. The summed E-state index contributed by atoms with van der Waals surface area (Å²) >= 11 is 1.44. The highest BCUT2D eigenvalue weighted by atomic mass is 32.2. The van der Waals surface area contributed by atoms with Crippen molar-refractivity contribution in [2.75, 3.05) is 5.32 Å². The molecule has 6 nitrogen and oxygen atoms in total. The molecule has 24 heavy (non-hydrogen) atoms. The fourth-order valence-corrected chi connectivity index (χ4v) is 2.97. The molecule has 1 amide bonds. The van der Waals surface area contributed by atoms with Crippen LogP contribution in [0.25, 0.3) is 0 Å². The summed E-state index contributed by atoms with van der Waals surface area (Å²) in [6.07, 6.45) is 3.33. The third-order valence-electron chi connectivity index (χ3n) is 3.21. The number of hydrogen-bond acceptors (Lipinski definition) is 6. The van der Waals surface area contributed by atoms with Gasteiger partial charge in [-0.3, -0.25) is 4.79 Å². The molecule has 1 N–H and O–H groups in total. The van der Waals surface area contributed by atoms with Gasteiger partial charge in [-0.2, -0.15) is 0 Å². The molecule has 0 aliphatic carbocycles. The lowest BCUT2D eigenvalue weighted by atomic mass is 10.2. The van der Waals surface area contributed by atoms with E-state index in [4.69, 9.17) is 4.52 Å². The molecular weight excluding hydrogens is 324 g/mol. The first kappa shape index (κ1) is 16.2. The minimum absolute atomic E-state index is 0.236. The Hall–Kier alpha value is -2.67. The third-order valence-corrected chi connectivity index (χ3v) is 4.25. The van der Waals surface area contributed by atoms with Crippen LogP contribution in [0.5, 0.6) is 0 Å². The van der Waals surface area contributed by atoms with E-state index in [2.05, 4.69) is 20.4 Å². The average Bonchev–Trinajstić information content (AvgIpc) is 2.99. The van der Waals surface area contributed by atoms with Gasteiger partial charge in [-0.1, -0.05) is 16.9 Å². The highest BCUT2D eigenvalue weighted by Gasteiger charge is 2.14. The number of nitrogens with zero attached hydrogens (tertiary/aromatic N) is 3. The fourth-order valence-electron chi connectivity index (χ4n) is 2.10. The first-order valence-corrected chi connectivity index (χ1v) is 8.34. The normalized spacial score (nSPS) is 10.6. The number of rotatable bonds is 5. The highest BCUT2D eigenvalue weighted by molar-refractivity contribution is 7.98. The van der Waals surface area contributed by atoms with Gasteiger partial charge in [0, 0.05) is 24.2 Å². The number of amides is 1. The highest BCUT2D eigenvalue weighted by Crippen LogP contribution is 2.24. The molecule has 3 aromatic heterocycles. The number of anilines is 1. The minimum atomic E-state index is -0.236. The zero-order valence-electron chi connectivity index (χ0n) is 13.3. The van der Waals surface area contributed by atoms with E-state index >= 15 is 0 Å². The standard InChI is InChI=1S/C17H16N4O2S/c1-11-5-7-18-15(8-11)20-16(22)14-4-3-6-19-17(14)24-10-13-9-12(2)23-21-13/h3-9H,10H2,1-2H3,(H,18,20,22). The van der Waals surface area contributed by atoms with Crippen LogP contribution in [0.3, 0.4) is 0 Å². The van der Waals surface area contributed by atoms with E-state index < -0.39 is 0 Å². The smallest absolute Gasteiger partial charge is 0.259 e. The Morgan fingerprint density at radius 2 is 2.08 bits per heavy atom. The quantitative estimate of drug-likeness (QED) is 0.714. The van der Waals surface area contributed by atoms with Crippen molar-refractivity contribution in [3.05, 3.63) is 65.3 Å².